The quantitative estimate of drug-likeness (QED) is 0.274. The fourth-order valence-corrected chi connectivity index (χ4v) is 3.72. The summed E-state index contributed by atoms with van der Waals surface area (Å²) in [6.45, 7) is 0. The molecule has 0 atom stereocenters. The van der Waals surface area contributed by atoms with Gasteiger partial charge in [-0.2, -0.15) is 0 Å². The third-order valence-corrected chi connectivity index (χ3v) is 5.49. The van der Waals surface area contributed by atoms with E-state index in [1.54, 1.807) is 48.5 Å². The molecule has 4 rings (SSSR count). The summed E-state index contributed by atoms with van der Waals surface area (Å²) >= 11 is 0. The zero-order valence-corrected chi connectivity index (χ0v) is 18.1. The maximum Gasteiger partial charge on any atom is 0.169 e. The minimum Gasteiger partial charge on any atom is -0.508 e. The van der Waals surface area contributed by atoms with E-state index in [1.807, 2.05) is 36.4 Å². The van der Waals surface area contributed by atoms with Crippen LogP contribution in [-0.4, -0.2) is 20.4 Å². The number of hydrogen-bond donors (Lipinski definition) is 4. The number of aromatic hydroxyl groups is 4. The van der Waals surface area contributed by atoms with Crippen molar-refractivity contribution >= 4 is 0 Å². The van der Waals surface area contributed by atoms with E-state index in [9.17, 15) is 20.4 Å². The van der Waals surface area contributed by atoms with E-state index in [-0.39, 0.29) is 34.5 Å². The number of phenolic OH excluding ortho intramolecular Hbond substituents is 4. The van der Waals surface area contributed by atoms with E-state index in [1.165, 1.54) is 0 Å². The highest BCUT2D eigenvalue weighted by atomic mass is 16.5. The van der Waals surface area contributed by atoms with Crippen LogP contribution >= 0.6 is 0 Å². The van der Waals surface area contributed by atoms with Crippen molar-refractivity contribution in [1.29, 1.82) is 0 Å². The van der Waals surface area contributed by atoms with Gasteiger partial charge in [0.15, 0.2) is 23.0 Å². The van der Waals surface area contributed by atoms with E-state index < -0.39 is 0 Å². The molecule has 0 aliphatic carbocycles. The molecule has 4 N–H and O–H groups in total. The molecule has 33 heavy (non-hydrogen) atoms. The summed E-state index contributed by atoms with van der Waals surface area (Å²) in [5.74, 6) is 0.991. The van der Waals surface area contributed by atoms with Crippen LogP contribution in [0.5, 0.6) is 34.5 Å². The fraction of sp³-hybridized carbons (Fsp3) is 0.143. The summed E-state index contributed by atoms with van der Waals surface area (Å²) in [7, 11) is 0. The van der Waals surface area contributed by atoms with E-state index in [0.29, 0.717) is 12.8 Å². The van der Waals surface area contributed by atoms with Gasteiger partial charge in [-0.1, -0.05) is 36.4 Å². The summed E-state index contributed by atoms with van der Waals surface area (Å²) in [6.07, 6.45) is 2.88. The molecule has 0 radical (unpaired) electrons. The molecule has 0 fully saturated rings. The van der Waals surface area contributed by atoms with Gasteiger partial charge in [0.2, 0.25) is 0 Å². The molecule has 0 saturated heterocycles. The first-order valence-corrected chi connectivity index (χ1v) is 10.8. The van der Waals surface area contributed by atoms with Crippen molar-refractivity contribution < 1.29 is 25.2 Å². The van der Waals surface area contributed by atoms with E-state index in [2.05, 4.69) is 0 Å². The zero-order valence-electron chi connectivity index (χ0n) is 18.1. The predicted molar refractivity (Wildman–Crippen MR) is 127 cm³/mol. The summed E-state index contributed by atoms with van der Waals surface area (Å²) in [5, 5.41) is 39.9. The smallest absolute Gasteiger partial charge is 0.169 e. The Kier molecular flexibility index (Phi) is 6.69. The van der Waals surface area contributed by atoms with Gasteiger partial charge in [-0.05, 0) is 96.5 Å². The zero-order chi connectivity index (χ0) is 23.2. The van der Waals surface area contributed by atoms with Gasteiger partial charge in [-0.15, -0.1) is 0 Å². The van der Waals surface area contributed by atoms with Crippen LogP contribution in [0.25, 0.3) is 0 Å². The maximum atomic E-state index is 10.5. The Morgan fingerprint density at radius 1 is 0.455 bits per heavy atom. The van der Waals surface area contributed by atoms with Gasteiger partial charge >= 0.3 is 0 Å². The highest BCUT2D eigenvalue weighted by Crippen LogP contribution is 2.36. The average Bonchev–Trinajstić information content (AvgIpc) is 2.80. The van der Waals surface area contributed by atoms with Gasteiger partial charge in [0.25, 0.3) is 0 Å². The number of phenols is 4. The standard InChI is InChI=1S/C28H26O5/c29-23-5-1-3-19(15-23)7-9-21-12-14-27(26(32)17-21)33-28-18-22(11-13-25(28)31)10-8-20-4-2-6-24(30)16-20/h1-6,11-18,29-32H,7-10H2. The normalized spacial score (nSPS) is 10.8. The number of ether oxygens (including phenoxy) is 1. The van der Waals surface area contributed by atoms with Crippen molar-refractivity contribution in [2.45, 2.75) is 25.7 Å². The summed E-state index contributed by atoms with van der Waals surface area (Å²) < 4.78 is 5.81. The van der Waals surface area contributed by atoms with Crippen LogP contribution in [0.1, 0.15) is 22.3 Å². The lowest BCUT2D eigenvalue weighted by molar-refractivity contribution is 0.384. The summed E-state index contributed by atoms with van der Waals surface area (Å²) in [4.78, 5) is 0. The molecule has 0 aromatic heterocycles. The third kappa shape index (κ3) is 5.98. The Balaban J connectivity index is 1.41. The van der Waals surface area contributed by atoms with E-state index >= 15 is 0 Å². The number of aryl methyl sites for hydroxylation is 4. The molecule has 0 heterocycles. The Bertz CT molecular complexity index is 1250. The molecule has 0 bridgehead atoms. The second-order valence-electron chi connectivity index (χ2n) is 8.05. The van der Waals surface area contributed by atoms with Crippen molar-refractivity contribution in [3.8, 4) is 34.5 Å². The lowest BCUT2D eigenvalue weighted by Crippen LogP contribution is -1.94. The van der Waals surface area contributed by atoms with Gasteiger partial charge in [-0.25, -0.2) is 0 Å². The molecule has 0 unspecified atom stereocenters. The summed E-state index contributed by atoms with van der Waals surface area (Å²) in [6, 6.07) is 24.6. The Labute approximate surface area is 192 Å². The van der Waals surface area contributed by atoms with Crippen LogP contribution in [0.2, 0.25) is 0 Å². The topological polar surface area (TPSA) is 90.2 Å². The molecule has 0 spiro atoms. The SMILES string of the molecule is Oc1cccc(CCc2ccc(Oc3cc(CCc4cccc(O)c4)ccc3O)c(O)c2)c1. The van der Waals surface area contributed by atoms with Crippen LogP contribution in [0.15, 0.2) is 84.9 Å². The second-order valence-corrected chi connectivity index (χ2v) is 8.05. The summed E-state index contributed by atoms with van der Waals surface area (Å²) in [5.41, 5.74) is 3.94. The monoisotopic (exact) mass is 442 g/mol. The molecule has 5 nitrogen and oxygen atoms in total. The van der Waals surface area contributed by atoms with Crippen LogP contribution in [0.4, 0.5) is 0 Å². The molecular formula is C28H26O5. The molecule has 4 aromatic rings. The van der Waals surface area contributed by atoms with Gasteiger partial charge < -0.3 is 25.2 Å². The van der Waals surface area contributed by atoms with Crippen molar-refractivity contribution in [3.63, 3.8) is 0 Å². The number of hydrogen-bond acceptors (Lipinski definition) is 5. The predicted octanol–water partition coefficient (Wildman–Crippen LogP) is 5.87. The number of benzene rings is 4. The molecule has 4 aromatic carbocycles. The number of rotatable bonds is 8. The minimum absolute atomic E-state index is 0.00651. The van der Waals surface area contributed by atoms with Gasteiger partial charge in [-0.3, -0.25) is 0 Å². The van der Waals surface area contributed by atoms with Crippen molar-refractivity contribution in [2.24, 2.45) is 0 Å². The highest BCUT2D eigenvalue weighted by Gasteiger charge is 2.10. The first-order chi connectivity index (χ1) is 16.0. The highest BCUT2D eigenvalue weighted by molar-refractivity contribution is 5.49. The molecule has 0 aliphatic rings. The van der Waals surface area contributed by atoms with Crippen LogP contribution in [0.3, 0.4) is 0 Å². The molecule has 0 amide bonds. The Morgan fingerprint density at radius 3 is 1.52 bits per heavy atom. The molecule has 5 heteroatoms. The van der Waals surface area contributed by atoms with Gasteiger partial charge in [0.05, 0.1) is 0 Å². The Morgan fingerprint density at radius 2 is 0.970 bits per heavy atom. The maximum absolute atomic E-state index is 10.5. The van der Waals surface area contributed by atoms with Crippen molar-refractivity contribution in [3.05, 3.63) is 107 Å². The van der Waals surface area contributed by atoms with Crippen LogP contribution < -0.4 is 4.74 Å². The van der Waals surface area contributed by atoms with Crippen LogP contribution in [-0.2, 0) is 25.7 Å². The van der Waals surface area contributed by atoms with Gasteiger partial charge in [0, 0.05) is 0 Å². The van der Waals surface area contributed by atoms with Crippen molar-refractivity contribution in [1.82, 2.24) is 0 Å². The Hall–Kier alpha value is -4.12. The first kappa shape index (κ1) is 22.1. The molecule has 168 valence electrons. The molecular weight excluding hydrogens is 416 g/mol. The lowest BCUT2D eigenvalue weighted by atomic mass is 10.0. The molecule has 0 aliphatic heterocycles. The van der Waals surface area contributed by atoms with Crippen molar-refractivity contribution in [2.75, 3.05) is 0 Å². The average molecular weight is 443 g/mol. The second kappa shape index (κ2) is 10.0. The minimum atomic E-state index is -0.0107. The van der Waals surface area contributed by atoms with Gasteiger partial charge in [0.1, 0.15) is 11.5 Å². The lowest BCUT2D eigenvalue weighted by Gasteiger charge is -2.12. The largest absolute Gasteiger partial charge is 0.508 e. The van der Waals surface area contributed by atoms with Crippen LogP contribution in [0, 0.1) is 0 Å². The van der Waals surface area contributed by atoms with E-state index in [0.717, 1.165) is 35.1 Å². The fourth-order valence-electron chi connectivity index (χ4n) is 3.72. The molecule has 0 saturated carbocycles. The van der Waals surface area contributed by atoms with E-state index in [4.69, 9.17) is 4.74 Å². The third-order valence-electron chi connectivity index (χ3n) is 5.49. The first-order valence-electron chi connectivity index (χ1n) is 10.8.